The molecule has 0 amide bonds. The van der Waals surface area contributed by atoms with Crippen LogP contribution >= 0.6 is 0 Å². The normalized spacial score (nSPS) is 13.5. The average Bonchev–Trinajstić information content (AvgIpc) is 2.70. The molecule has 2 aromatic rings. The summed E-state index contributed by atoms with van der Waals surface area (Å²) in [7, 11) is 8.64. The van der Waals surface area contributed by atoms with Crippen molar-refractivity contribution in [1.29, 1.82) is 0 Å². The maximum absolute atomic E-state index is 15.3. The lowest BCUT2D eigenvalue weighted by Crippen LogP contribution is -2.40. The molecule has 0 atom stereocenters. The molecule has 5 N–H and O–H groups in total. The second-order valence-electron chi connectivity index (χ2n) is 9.85. The standard InChI is InChI=1S/C23H28F2N4O5/c1-28(2,3)10-8-26-20-16-17(21(19(25)18(20)24)27-9-11-29(4,5)34)23(33)15-13(31)7-6-12(30)14(15)22(16)32/h6-7,34H,8-11H2,1-5H3,(H2-2,26,27,30,31,32,33)/p+2. The van der Waals surface area contributed by atoms with Crippen LogP contribution in [-0.2, 0) is 0 Å². The van der Waals surface area contributed by atoms with Crippen molar-refractivity contribution in [1.82, 2.24) is 0 Å². The molecule has 0 heterocycles. The number of fused-ring (bicyclic) bond motifs is 2. The van der Waals surface area contributed by atoms with Gasteiger partial charge in [0.1, 0.15) is 18.0 Å². The highest BCUT2D eigenvalue weighted by molar-refractivity contribution is 6.33. The fraction of sp³-hybridized carbons (Fsp3) is 0.391. The Balaban J connectivity index is 2.22. The van der Waals surface area contributed by atoms with E-state index in [0.717, 1.165) is 12.1 Å². The van der Waals surface area contributed by atoms with Gasteiger partial charge in [-0.15, -0.1) is 0 Å². The number of benzene rings is 2. The first-order valence-corrected chi connectivity index (χ1v) is 10.7. The summed E-state index contributed by atoms with van der Waals surface area (Å²) in [5, 5.41) is 35.8. The number of nitrogens with zero attached hydrogens (tertiary/aromatic N) is 2. The van der Waals surface area contributed by atoms with Crippen LogP contribution in [0.3, 0.4) is 0 Å². The van der Waals surface area contributed by atoms with Crippen LogP contribution in [0.4, 0.5) is 20.2 Å². The molecule has 0 saturated heterocycles. The topological polar surface area (TPSA) is 119 Å². The summed E-state index contributed by atoms with van der Waals surface area (Å²) in [6.07, 6.45) is 0. The van der Waals surface area contributed by atoms with Crippen molar-refractivity contribution in [3.8, 4) is 11.5 Å². The number of carbonyl (C=O) groups is 2. The number of quaternary nitrogens is 2. The molecule has 0 spiro atoms. The van der Waals surface area contributed by atoms with Crippen LogP contribution in [0.15, 0.2) is 12.1 Å². The van der Waals surface area contributed by atoms with E-state index in [0.29, 0.717) is 11.0 Å². The maximum atomic E-state index is 15.3. The Morgan fingerprint density at radius 3 is 1.47 bits per heavy atom. The molecule has 3 rings (SSSR count). The van der Waals surface area contributed by atoms with Gasteiger partial charge in [0.2, 0.25) is 11.6 Å². The molecule has 0 aliphatic heterocycles. The lowest BCUT2D eigenvalue weighted by molar-refractivity contribution is -1.07. The lowest BCUT2D eigenvalue weighted by atomic mass is 9.81. The zero-order valence-corrected chi connectivity index (χ0v) is 19.8. The summed E-state index contributed by atoms with van der Waals surface area (Å²) < 4.78 is 30.6. The van der Waals surface area contributed by atoms with Crippen molar-refractivity contribution in [2.45, 2.75) is 0 Å². The number of hydroxylamine groups is 3. The smallest absolute Gasteiger partial charge is 0.200 e. The molecule has 1 aliphatic rings. The Hall–Kier alpha value is -3.28. The number of hydrogen-bond acceptors (Lipinski definition) is 7. The van der Waals surface area contributed by atoms with Crippen molar-refractivity contribution in [2.24, 2.45) is 0 Å². The van der Waals surface area contributed by atoms with Gasteiger partial charge in [-0.25, -0.2) is 14.0 Å². The monoisotopic (exact) mass is 480 g/mol. The quantitative estimate of drug-likeness (QED) is 0.190. The number of phenols is 2. The molecule has 0 radical (unpaired) electrons. The van der Waals surface area contributed by atoms with Crippen LogP contribution < -0.4 is 10.6 Å². The predicted octanol–water partition coefficient (Wildman–Crippen LogP) is 2.15. The predicted molar refractivity (Wildman–Crippen MR) is 122 cm³/mol. The summed E-state index contributed by atoms with van der Waals surface area (Å²) in [5.74, 6) is -5.73. The Morgan fingerprint density at radius 1 is 0.735 bits per heavy atom. The van der Waals surface area contributed by atoms with Gasteiger partial charge >= 0.3 is 0 Å². The van der Waals surface area contributed by atoms with E-state index in [4.69, 9.17) is 0 Å². The third kappa shape index (κ3) is 4.81. The van der Waals surface area contributed by atoms with Crippen LogP contribution in [0.2, 0.25) is 0 Å². The van der Waals surface area contributed by atoms with Gasteiger partial charge in [-0.3, -0.25) is 9.59 Å². The summed E-state index contributed by atoms with van der Waals surface area (Å²) in [6.45, 7) is 0.671. The second-order valence-corrected chi connectivity index (χ2v) is 9.85. The number of likely N-dealkylation sites (N-methyl/N-ethyl adjacent to an activating group) is 2. The molecular formula is C23H30F2N4O5+2. The van der Waals surface area contributed by atoms with E-state index in [1.807, 2.05) is 21.1 Å². The van der Waals surface area contributed by atoms with Gasteiger partial charge in [0, 0.05) is 0 Å². The Kier molecular flexibility index (Phi) is 6.57. The fourth-order valence-electron chi connectivity index (χ4n) is 3.74. The molecule has 0 saturated carbocycles. The summed E-state index contributed by atoms with van der Waals surface area (Å²) in [4.78, 5) is 26.8. The van der Waals surface area contributed by atoms with Crippen molar-refractivity contribution in [3.63, 3.8) is 0 Å². The van der Waals surface area contributed by atoms with Crippen molar-refractivity contribution < 1.29 is 42.9 Å². The average molecular weight is 481 g/mol. The first-order valence-electron chi connectivity index (χ1n) is 10.7. The maximum Gasteiger partial charge on any atom is 0.200 e. The number of nitrogens with one attached hydrogen (secondary N) is 2. The third-order valence-corrected chi connectivity index (χ3v) is 5.50. The zero-order chi connectivity index (χ0) is 25.6. The van der Waals surface area contributed by atoms with Gasteiger partial charge in [-0.05, 0) is 12.1 Å². The number of carbonyl (C=O) groups excluding carboxylic acids is 2. The van der Waals surface area contributed by atoms with E-state index in [2.05, 4.69) is 10.6 Å². The molecular weight excluding hydrogens is 450 g/mol. The molecule has 11 heteroatoms. The fourth-order valence-corrected chi connectivity index (χ4v) is 3.74. The molecule has 0 fully saturated rings. The number of rotatable bonds is 8. The van der Waals surface area contributed by atoms with Gasteiger partial charge in [0.25, 0.3) is 0 Å². The number of aromatic hydroxyl groups is 2. The van der Waals surface area contributed by atoms with E-state index in [-0.39, 0.29) is 19.6 Å². The molecule has 184 valence electrons. The summed E-state index contributed by atoms with van der Waals surface area (Å²) in [6, 6.07) is 2.10. The van der Waals surface area contributed by atoms with Gasteiger partial charge in [-0.1, -0.05) is 0 Å². The minimum Gasteiger partial charge on any atom is -0.507 e. The number of hydrogen-bond donors (Lipinski definition) is 5. The van der Waals surface area contributed by atoms with Crippen molar-refractivity contribution in [2.75, 3.05) is 72.1 Å². The summed E-state index contributed by atoms with van der Waals surface area (Å²) in [5.41, 5.74) is -2.88. The van der Waals surface area contributed by atoms with Gasteiger partial charge in [-0.2, -0.15) is 4.65 Å². The van der Waals surface area contributed by atoms with Crippen LogP contribution in [-0.4, -0.2) is 97.5 Å². The van der Waals surface area contributed by atoms with E-state index >= 15 is 8.78 Å². The molecule has 1 aliphatic carbocycles. The van der Waals surface area contributed by atoms with E-state index in [1.165, 1.54) is 14.1 Å². The van der Waals surface area contributed by atoms with E-state index in [9.17, 15) is 25.0 Å². The molecule has 0 unspecified atom stereocenters. The van der Waals surface area contributed by atoms with Crippen LogP contribution in [0, 0.1) is 11.6 Å². The molecule has 34 heavy (non-hydrogen) atoms. The molecule has 9 nitrogen and oxygen atoms in total. The number of anilines is 2. The number of halogens is 2. The largest absolute Gasteiger partial charge is 0.507 e. The first-order chi connectivity index (χ1) is 15.6. The third-order valence-electron chi connectivity index (χ3n) is 5.50. The van der Waals surface area contributed by atoms with Gasteiger partial charge < -0.3 is 25.3 Å². The second kappa shape index (κ2) is 8.82. The van der Waals surface area contributed by atoms with Gasteiger partial charge in [0.05, 0.1) is 88.5 Å². The Labute approximate surface area is 196 Å². The minimum absolute atomic E-state index is 0.0546. The van der Waals surface area contributed by atoms with E-state index < -0.39 is 73.0 Å². The zero-order valence-electron chi connectivity index (χ0n) is 19.8. The lowest BCUT2D eigenvalue weighted by Gasteiger charge is -2.28. The Bertz CT molecular complexity index is 1080. The van der Waals surface area contributed by atoms with Crippen LogP contribution in [0.1, 0.15) is 31.8 Å². The van der Waals surface area contributed by atoms with Crippen molar-refractivity contribution >= 4 is 22.9 Å². The highest BCUT2D eigenvalue weighted by Gasteiger charge is 2.41. The molecule has 0 aromatic heterocycles. The SMILES string of the molecule is C[N+](C)(C)CCNc1c(F)c(F)c(NCC[N+](C)(C)O)c2c1C(=O)c1c(O)ccc(O)c1C2=O. The Morgan fingerprint density at radius 2 is 1.12 bits per heavy atom. The highest BCUT2D eigenvalue weighted by Crippen LogP contribution is 2.44. The highest BCUT2D eigenvalue weighted by atomic mass is 19.2. The molecule has 2 aromatic carbocycles. The minimum atomic E-state index is -1.38. The number of phenolic OH excluding ortho intramolecular Hbond substituents is 2. The first kappa shape index (κ1) is 25.3. The van der Waals surface area contributed by atoms with E-state index in [1.54, 1.807) is 0 Å². The summed E-state index contributed by atoms with van der Waals surface area (Å²) >= 11 is 0. The van der Waals surface area contributed by atoms with Gasteiger partial charge in [0.15, 0.2) is 11.6 Å². The van der Waals surface area contributed by atoms with Crippen LogP contribution in [0.25, 0.3) is 0 Å². The van der Waals surface area contributed by atoms with Crippen LogP contribution in [0.5, 0.6) is 11.5 Å². The number of ketones is 2. The van der Waals surface area contributed by atoms with Crippen molar-refractivity contribution in [3.05, 3.63) is 46.0 Å². The molecule has 0 bridgehead atoms.